The van der Waals surface area contributed by atoms with Gasteiger partial charge in [0.05, 0.1) is 11.2 Å². The van der Waals surface area contributed by atoms with E-state index in [2.05, 4.69) is 23.1 Å². The summed E-state index contributed by atoms with van der Waals surface area (Å²) in [5, 5.41) is 0.847. The lowest BCUT2D eigenvalue weighted by Gasteiger charge is -2.12. The molecule has 128 valence electrons. The SMILES string of the molecule is C=C/C(C(C)=O)=C(\C=C)c1nc(-c2cccc(C)n2)nc2ccccc12. The first kappa shape index (κ1) is 17.4. The molecule has 3 aromatic rings. The highest BCUT2D eigenvalue weighted by molar-refractivity contribution is 6.08. The highest BCUT2D eigenvalue weighted by atomic mass is 16.1. The Hall–Kier alpha value is -3.40. The highest BCUT2D eigenvalue weighted by Crippen LogP contribution is 2.29. The molecule has 0 amide bonds. The average Bonchev–Trinajstić information content (AvgIpc) is 2.65. The van der Waals surface area contributed by atoms with Crippen LogP contribution < -0.4 is 0 Å². The van der Waals surface area contributed by atoms with Crippen LogP contribution >= 0.6 is 0 Å². The van der Waals surface area contributed by atoms with Gasteiger partial charge < -0.3 is 0 Å². The number of benzene rings is 1. The standard InChI is InChI=1S/C22H19N3O/c1-5-16(15(4)26)17(6-2)21-18-11-7-8-12-19(18)24-22(25-21)20-13-9-10-14(3)23-20/h5-13H,1-2H2,3-4H3/b17-16-. The molecule has 0 radical (unpaired) electrons. The van der Waals surface area contributed by atoms with Gasteiger partial charge in [-0.1, -0.05) is 49.6 Å². The lowest BCUT2D eigenvalue weighted by atomic mass is 9.98. The Morgan fingerprint density at radius 1 is 0.962 bits per heavy atom. The topological polar surface area (TPSA) is 55.7 Å². The Kier molecular flexibility index (Phi) is 4.85. The maximum Gasteiger partial charge on any atom is 0.179 e. The molecule has 0 saturated carbocycles. The van der Waals surface area contributed by atoms with Crippen molar-refractivity contribution < 1.29 is 4.79 Å². The van der Waals surface area contributed by atoms with Crippen LogP contribution in [0.4, 0.5) is 0 Å². The van der Waals surface area contributed by atoms with E-state index in [4.69, 9.17) is 4.98 Å². The average molecular weight is 341 g/mol. The monoisotopic (exact) mass is 341 g/mol. The molecule has 1 aromatic carbocycles. The molecule has 2 heterocycles. The van der Waals surface area contributed by atoms with Crippen LogP contribution in [0.5, 0.6) is 0 Å². The minimum absolute atomic E-state index is 0.0900. The molecule has 0 unspecified atom stereocenters. The fraction of sp³-hybridized carbons (Fsp3) is 0.0909. The van der Waals surface area contributed by atoms with Gasteiger partial charge in [-0.15, -0.1) is 0 Å². The quantitative estimate of drug-likeness (QED) is 0.498. The Labute approximate surface area is 152 Å². The van der Waals surface area contributed by atoms with E-state index in [0.717, 1.165) is 16.6 Å². The van der Waals surface area contributed by atoms with E-state index in [1.807, 2.05) is 49.4 Å². The molecule has 0 aliphatic heterocycles. The van der Waals surface area contributed by atoms with Crippen molar-refractivity contribution in [3.8, 4) is 11.5 Å². The van der Waals surface area contributed by atoms with Crippen LogP contribution in [0.25, 0.3) is 28.0 Å². The Balaban J connectivity index is 2.39. The zero-order valence-corrected chi connectivity index (χ0v) is 14.9. The maximum absolute atomic E-state index is 12.1. The normalized spacial score (nSPS) is 11.8. The zero-order valence-electron chi connectivity index (χ0n) is 14.9. The zero-order chi connectivity index (χ0) is 18.7. The molecule has 0 saturated heterocycles. The molecule has 0 aliphatic carbocycles. The third-order valence-electron chi connectivity index (χ3n) is 4.05. The molecule has 0 fully saturated rings. The number of para-hydroxylation sites is 1. The van der Waals surface area contributed by atoms with Crippen LogP contribution in [0.15, 0.2) is 73.3 Å². The van der Waals surface area contributed by atoms with E-state index in [1.165, 1.54) is 6.92 Å². The van der Waals surface area contributed by atoms with E-state index in [9.17, 15) is 4.79 Å². The summed E-state index contributed by atoms with van der Waals surface area (Å²) < 4.78 is 0. The van der Waals surface area contributed by atoms with Crippen molar-refractivity contribution >= 4 is 22.3 Å². The number of hydrogen-bond acceptors (Lipinski definition) is 4. The van der Waals surface area contributed by atoms with Crippen LogP contribution in [-0.4, -0.2) is 20.7 Å². The summed E-state index contributed by atoms with van der Waals surface area (Å²) in [6.45, 7) is 11.1. The van der Waals surface area contributed by atoms with Crippen molar-refractivity contribution in [2.75, 3.05) is 0 Å². The largest absolute Gasteiger partial charge is 0.294 e. The number of aryl methyl sites for hydroxylation is 1. The fourth-order valence-electron chi connectivity index (χ4n) is 2.84. The molecular weight excluding hydrogens is 322 g/mol. The van der Waals surface area contributed by atoms with Gasteiger partial charge in [0.15, 0.2) is 11.6 Å². The Bertz CT molecular complexity index is 1060. The molecule has 26 heavy (non-hydrogen) atoms. The van der Waals surface area contributed by atoms with E-state index >= 15 is 0 Å². The van der Waals surface area contributed by atoms with Crippen LogP contribution in [0.3, 0.4) is 0 Å². The molecule has 3 rings (SSSR count). The van der Waals surface area contributed by atoms with Gasteiger partial charge >= 0.3 is 0 Å². The summed E-state index contributed by atoms with van der Waals surface area (Å²) in [5.74, 6) is 0.418. The number of carbonyl (C=O) groups excluding carboxylic acids is 1. The van der Waals surface area contributed by atoms with E-state index < -0.39 is 0 Å². The lowest BCUT2D eigenvalue weighted by molar-refractivity contribution is -0.113. The number of rotatable bonds is 5. The number of pyridine rings is 1. The van der Waals surface area contributed by atoms with E-state index in [0.29, 0.717) is 28.4 Å². The molecule has 0 spiro atoms. The van der Waals surface area contributed by atoms with Gasteiger partial charge in [-0.25, -0.2) is 15.0 Å². The highest BCUT2D eigenvalue weighted by Gasteiger charge is 2.16. The number of aromatic nitrogens is 3. The van der Waals surface area contributed by atoms with E-state index in [1.54, 1.807) is 12.2 Å². The summed E-state index contributed by atoms with van der Waals surface area (Å²) in [6.07, 6.45) is 3.18. The number of fused-ring (bicyclic) bond motifs is 1. The molecule has 0 bridgehead atoms. The predicted molar refractivity (Wildman–Crippen MR) is 106 cm³/mol. The number of ketones is 1. The molecule has 4 nitrogen and oxygen atoms in total. The lowest BCUT2D eigenvalue weighted by Crippen LogP contribution is -2.03. The summed E-state index contributed by atoms with van der Waals surface area (Å²) in [5.41, 5.74) is 4.11. The van der Waals surface area contributed by atoms with Crippen molar-refractivity contribution in [2.24, 2.45) is 0 Å². The molecule has 0 aliphatic rings. The summed E-state index contributed by atoms with van der Waals surface area (Å²) in [4.78, 5) is 26.0. The van der Waals surface area contributed by atoms with Crippen LogP contribution in [0.2, 0.25) is 0 Å². The first-order chi connectivity index (χ1) is 12.5. The Morgan fingerprint density at radius 2 is 1.73 bits per heavy atom. The number of nitrogens with zero attached hydrogens (tertiary/aromatic N) is 3. The summed E-state index contributed by atoms with van der Waals surface area (Å²) in [7, 11) is 0. The van der Waals surface area contributed by atoms with Gasteiger partial charge in [0.2, 0.25) is 0 Å². The number of Topliss-reactive ketones (excluding diaryl/α,β-unsaturated/α-hetero) is 1. The van der Waals surface area contributed by atoms with Gasteiger partial charge in [0.1, 0.15) is 5.69 Å². The van der Waals surface area contributed by atoms with Gasteiger partial charge in [0.25, 0.3) is 0 Å². The van der Waals surface area contributed by atoms with Gasteiger partial charge in [-0.05, 0) is 32.0 Å². The molecular formula is C22H19N3O. The van der Waals surface area contributed by atoms with Crippen molar-refractivity contribution in [3.63, 3.8) is 0 Å². The second-order valence-corrected chi connectivity index (χ2v) is 5.87. The third kappa shape index (κ3) is 3.22. The third-order valence-corrected chi connectivity index (χ3v) is 4.05. The smallest absolute Gasteiger partial charge is 0.179 e. The fourth-order valence-corrected chi connectivity index (χ4v) is 2.84. The number of allylic oxidation sites excluding steroid dienone is 4. The van der Waals surface area contributed by atoms with Crippen molar-refractivity contribution in [1.29, 1.82) is 0 Å². The maximum atomic E-state index is 12.1. The Morgan fingerprint density at radius 3 is 2.38 bits per heavy atom. The van der Waals surface area contributed by atoms with Crippen LogP contribution in [-0.2, 0) is 4.79 Å². The van der Waals surface area contributed by atoms with Crippen molar-refractivity contribution in [2.45, 2.75) is 13.8 Å². The summed E-state index contributed by atoms with van der Waals surface area (Å²) >= 11 is 0. The van der Waals surface area contributed by atoms with Crippen molar-refractivity contribution in [1.82, 2.24) is 15.0 Å². The van der Waals surface area contributed by atoms with Crippen molar-refractivity contribution in [3.05, 3.63) is 84.7 Å². The minimum Gasteiger partial charge on any atom is -0.294 e. The van der Waals surface area contributed by atoms with Gasteiger partial charge in [0, 0.05) is 22.2 Å². The molecule has 4 heteroatoms. The van der Waals surface area contributed by atoms with Gasteiger partial charge in [-0.3, -0.25) is 4.79 Å². The molecule has 0 atom stereocenters. The number of hydrogen-bond donors (Lipinski definition) is 0. The van der Waals surface area contributed by atoms with Gasteiger partial charge in [-0.2, -0.15) is 0 Å². The minimum atomic E-state index is -0.0900. The first-order valence-corrected chi connectivity index (χ1v) is 8.26. The molecule has 0 N–H and O–H groups in total. The first-order valence-electron chi connectivity index (χ1n) is 8.26. The summed E-state index contributed by atoms with van der Waals surface area (Å²) in [6, 6.07) is 13.4. The van der Waals surface area contributed by atoms with Crippen LogP contribution in [0.1, 0.15) is 18.3 Å². The predicted octanol–water partition coefficient (Wildman–Crippen LogP) is 4.71. The second kappa shape index (κ2) is 7.23. The second-order valence-electron chi connectivity index (χ2n) is 5.87. The van der Waals surface area contributed by atoms with E-state index in [-0.39, 0.29) is 5.78 Å². The van der Waals surface area contributed by atoms with Crippen LogP contribution in [0, 0.1) is 6.92 Å². The molecule has 2 aromatic heterocycles. The number of carbonyl (C=O) groups is 1.